The molecule has 1 aromatic rings. The van der Waals surface area contributed by atoms with E-state index in [4.69, 9.17) is 11.6 Å². The Morgan fingerprint density at radius 1 is 1.40 bits per heavy atom. The van der Waals surface area contributed by atoms with Gasteiger partial charge in [0.2, 0.25) is 0 Å². The molecule has 0 heterocycles. The summed E-state index contributed by atoms with van der Waals surface area (Å²) in [7, 11) is 0. The van der Waals surface area contributed by atoms with E-state index in [1.807, 2.05) is 18.2 Å². The number of anilines is 1. The normalized spacial score (nSPS) is 25.5. The maximum atomic E-state index is 9.69. The molecule has 0 aliphatic heterocycles. The van der Waals surface area contributed by atoms with Crippen molar-refractivity contribution in [3.8, 4) is 0 Å². The van der Waals surface area contributed by atoms with Crippen LogP contribution in [0.4, 0.5) is 5.69 Å². The van der Waals surface area contributed by atoms with Gasteiger partial charge in [0, 0.05) is 15.2 Å². The van der Waals surface area contributed by atoms with Gasteiger partial charge in [-0.25, -0.2) is 0 Å². The van der Waals surface area contributed by atoms with Gasteiger partial charge in [-0.3, -0.25) is 0 Å². The summed E-state index contributed by atoms with van der Waals surface area (Å²) in [5, 5.41) is 13.7. The van der Waals surface area contributed by atoms with Gasteiger partial charge in [0.1, 0.15) is 0 Å². The molecule has 4 heteroatoms. The highest BCUT2D eigenvalue weighted by Gasteiger charge is 2.25. The van der Waals surface area contributed by atoms with Gasteiger partial charge < -0.3 is 10.4 Å². The van der Waals surface area contributed by atoms with Gasteiger partial charge >= 0.3 is 0 Å². The second-order valence-corrected chi connectivity index (χ2v) is 5.16. The molecular weight excluding hydrogens is 277 g/mol. The summed E-state index contributed by atoms with van der Waals surface area (Å²) in [5.41, 5.74) is 0.991. The zero-order valence-electron chi connectivity index (χ0n) is 8.21. The van der Waals surface area contributed by atoms with Gasteiger partial charge in [0.25, 0.3) is 0 Å². The van der Waals surface area contributed by atoms with Crippen molar-refractivity contribution in [2.45, 2.75) is 31.4 Å². The first-order valence-electron chi connectivity index (χ1n) is 5.06. The van der Waals surface area contributed by atoms with E-state index in [9.17, 15) is 5.11 Å². The first kappa shape index (κ1) is 11.2. The van der Waals surface area contributed by atoms with Gasteiger partial charge in [-0.2, -0.15) is 0 Å². The summed E-state index contributed by atoms with van der Waals surface area (Å²) in [5.74, 6) is 0. The second-order valence-electron chi connectivity index (χ2n) is 3.87. The molecule has 1 saturated carbocycles. The lowest BCUT2D eigenvalue weighted by Gasteiger charge is -2.18. The van der Waals surface area contributed by atoms with Crippen molar-refractivity contribution in [1.82, 2.24) is 0 Å². The molecule has 0 unspecified atom stereocenters. The molecule has 0 bridgehead atoms. The third-order valence-corrected chi connectivity index (χ3v) is 3.64. The van der Waals surface area contributed by atoms with Crippen LogP contribution in [-0.4, -0.2) is 17.3 Å². The third-order valence-electron chi connectivity index (χ3n) is 2.75. The molecule has 0 saturated heterocycles. The number of aliphatic hydroxyl groups excluding tert-OH is 1. The Labute approximate surface area is 103 Å². The van der Waals surface area contributed by atoms with Crippen LogP contribution in [0.25, 0.3) is 0 Å². The Kier molecular flexibility index (Phi) is 3.54. The first-order valence-corrected chi connectivity index (χ1v) is 6.23. The third kappa shape index (κ3) is 2.65. The fraction of sp³-hybridized carbons (Fsp3) is 0.455. The molecule has 0 aromatic heterocycles. The monoisotopic (exact) mass is 289 g/mol. The quantitative estimate of drug-likeness (QED) is 0.874. The van der Waals surface area contributed by atoms with E-state index < -0.39 is 0 Å². The van der Waals surface area contributed by atoms with Crippen LogP contribution in [0, 0.1) is 0 Å². The van der Waals surface area contributed by atoms with E-state index >= 15 is 0 Å². The van der Waals surface area contributed by atoms with Crippen molar-refractivity contribution in [2.24, 2.45) is 0 Å². The van der Waals surface area contributed by atoms with E-state index in [1.165, 1.54) is 0 Å². The lowest BCUT2D eigenvalue weighted by atomic mass is 10.2. The summed E-state index contributed by atoms with van der Waals surface area (Å²) < 4.78 is 0.939. The van der Waals surface area contributed by atoms with Crippen molar-refractivity contribution in [1.29, 1.82) is 0 Å². The highest BCUT2D eigenvalue weighted by molar-refractivity contribution is 9.10. The number of rotatable bonds is 2. The lowest BCUT2D eigenvalue weighted by molar-refractivity contribution is 0.172. The molecular formula is C11H13BrClNO. The van der Waals surface area contributed by atoms with E-state index in [-0.39, 0.29) is 12.1 Å². The summed E-state index contributed by atoms with van der Waals surface area (Å²) in [6.45, 7) is 0. The average molecular weight is 291 g/mol. The summed E-state index contributed by atoms with van der Waals surface area (Å²) in [4.78, 5) is 0. The van der Waals surface area contributed by atoms with Gasteiger partial charge in [-0.05, 0) is 53.4 Å². The van der Waals surface area contributed by atoms with Crippen molar-refractivity contribution < 1.29 is 5.11 Å². The number of aliphatic hydroxyl groups is 1. The zero-order valence-corrected chi connectivity index (χ0v) is 10.6. The van der Waals surface area contributed by atoms with Crippen molar-refractivity contribution >= 4 is 33.2 Å². The molecule has 2 rings (SSSR count). The Bertz CT molecular complexity index is 358. The van der Waals surface area contributed by atoms with Crippen LogP contribution in [0.3, 0.4) is 0 Å². The average Bonchev–Trinajstić information content (AvgIpc) is 2.57. The number of hydrogen-bond acceptors (Lipinski definition) is 2. The maximum absolute atomic E-state index is 9.69. The largest absolute Gasteiger partial charge is 0.391 e. The molecule has 2 N–H and O–H groups in total. The second kappa shape index (κ2) is 4.73. The van der Waals surface area contributed by atoms with Crippen LogP contribution in [0.5, 0.6) is 0 Å². The summed E-state index contributed by atoms with van der Waals surface area (Å²) in [6.07, 6.45) is 2.77. The van der Waals surface area contributed by atoms with Gasteiger partial charge in [-0.1, -0.05) is 11.6 Å². The van der Waals surface area contributed by atoms with Crippen LogP contribution < -0.4 is 5.32 Å². The summed E-state index contributed by atoms with van der Waals surface area (Å²) in [6, 6.07) is 5.79. The van der Waals surface area contributed by atoms with Gasteiger partial charge in [0.15, 0.2) is 0 Å². The Morgan fingerprint density at radius 2 is 2.20 bits per heavy atom. The van der Waals surface area contributed by atoms with Crippen LogP contribution in [0.1, 0.15) is 19.3 Å². The Hall–Kier alpha value is -0.250. The highest BCUT2D eigenvalue weighted by atomic mass is 79.9. The molecule has 1 fully saturated rings. The minimum Gasteiger partial charge on any atom is -0.391 e. The number of hydrogen-bond donors (Lipinski definition) is 2. The first-order chi connectivity index (χ1) is 7.16. The van der Waals surface area contributed by atoms with Crippen molar-refractivity contribution in [3.63, 3.8) is 0 Å². The standard InChI is InChI=1S/C11H13BrClNO/c12-8-6-7(13)4-5-9(8)14-10-2-1-3-11(10)15/h4-6,10-11,14-15H,1-3H2/t10-,11-/m1/s1. The molecule has 0 radical (unpaired) electrons. The van der Waals surface area contributed by atoms with Crippen molar-refractivity contribution in [3.05, 3.63) is 27.7 Å². The predicted octanol–water partition coefficient (Wildman–Crippen LogP) is 3.43. The SMILES string of the molecule is O[C@@H]1CCC[C@H]1Nc1ccc(Cl)cc1Br. The smallest absolute Gasteiger partial charge is 0.0741 e. The van der Waals surface area contributed by atoms with E-state index in [0.29, 0.717) is 5.02 Å². The summed E-state index contributed by atoms with van der Waals surface area (Å²) >= 11 is 9.30. The van der Waals surface area contributed by atoms with Gasteiger partial charge in [0.05, 0.1) is 12.1 Å². The van der Waals surface area contributed by atoms with Gasteiger partial charge in [-0.15, -0.1) is 0 Å². The molecule has 82 valence electrons. The fourth-order valence-corrected chi connectivity index (χ4v) is 2.71. The number of benzene rings is 1. The molecule has 1 aliphatic rings. The predicted molar refractivity (Wildman–Crippen MR) is 66.4 cm³/mol. The molecule has 0 spiro atoms. The van der Waals surface area contributed by atoms with Crippen LogP contribution in [0.2, 0.25) is 5.02 Å². The molecule has 15 heavy (non-hydrogen) atoms. The Balaban J connectivity index is 2.10. The van der Waals surface area contributed by atoms with Crippen molar-refractivity contribution in [2.75, 3.05) is 5.32 Å². The van der Waals surface area contributed by atoms with Crippen LogP contribution >= 0.6 is 27.5 Å². The van der Waals surface area contributed by atoms with E-state index in [0.717, 1.165) is 29.4 Å². The minimum atomic E-state index is -0.229. The number of halogens is 2. The minimum absolute atomic E-state index is 0.169. The molecule has 2 nitrogen and oxygen atoms in total. The molecule has 2 atom stereocenters. The molecule has 1 aromatic carbocycles. The lowest BCUT2D eigenvalue weighted by Crippen LogP contribution is -2.27. The Morgan fingerprint density at radius 3 is 2.80 bits per heavy atom. The molecule has 1 aliphatic carbocycles. The topological polar surface area (TPSA) is 32.3 Å². The van der Waals surface area contributed by atoms with E-state index in [1.54, 1.807) is 0 Å². The zero-order chi connectivity index (χ0) is 10.8. The number of nitrogens with one attached hydrogen (secondary N) is 1. The van der Waals surface area contributed by atoms with E-state index in [2.05, 4.69) is 21.2 Å². The van der Waals surface area contributed by atoms with Crippen LogP contribution in [0.15, 0.2) is 22.7 Å². The molecule has 0 amide bonds. The highest BCUT2D eigenvalue weighted by Crippen LogP contribution is 2.29. The van der Waals surface area contributed by atoms with Crippen LogP contribution in [-0.2, 0) is 0 Å². The maximum Gasteiger partial charge on any atom is 0.0741 e. The fourth-order valence-electron chi connectivity index (χ4n) is 1.92.